The highest BCUT2D eigenvalue weighted by Crippen LogP contribution is 2.31. The van der Waals surface area contributed by atoms with E-state index < -0.39 is 0 Å². The fourth-order valence-electron chi connectivity index (χ4n) is 1.96. The first kappa shape index (κ1) is 15.3. The van der Waals surface area contributed by atoms with Gasteiger partial charge in [0.1, 0.15) is 0 Å². The van der Waals surface area contributed by atoms with Crippen LogP contribution in [0.3, 0.4) is 0 Å². The minimum absolute atomic E-state index is 0.226. The summed E-state index contributed by atoms with van der Waals surface area (Å²) in [5, 5.41) is 3.90. The number of para-hydroxylation sites is 1. The van der Waals surface area contributed by atoms with E-state index in [1.807, 2.05) is 25.1 Å². The first-order valence-corrected chi connectivity index (χ1v) is 7.17. The normalized spacial score (nSPS) is 10.6. The van der Waals surface area contributed by atoms with Crippen LogP contribution in [0, 0.1) is 0 Å². The molecular weight excluding hydrogens is 270 g/mol. The fourth-order valence-corrected chi connectivity index (χ4v) is 1.96. The number of hydrogen-bond donors (Lipinski definition) is 1. The minimum Gasteiger partial charge on any atom is -0.490 e. The average molecular weight is 291 g/mol. The van der Waals surface area contributed by atoms with E-state index in [1.54, 1.807) is 0 Å². The molecule has 0 unspecified atom stereocenters. The third-order valence-electron chi connectivity index (χ3n) is 2.90. The Labute approximate surface area is 124 Å². The molecule has 21 heavy (non-hydrogen) atoms. The quantitative estimate of drug-likeness (QED) is 0.804. The van der Waals surface area contributed by atoms with Gasteiger partial charge in [-0.2, -0.15) is 4.98 Å². The van der Waals surface area contributed by atoms with Crippen LogP contribution in [0.1, 0.15) is 37.5 Å². The number of aromatic nitrogens is 2. The summed E-state index contributed by atoms with van der Waals surface area (Å²) in [6.07, 6.45) is 1.74. The maximum Gasteiger partial charge on any atom is 0.226 e. The van der Waals surface area contributed by atoms with E-state index in [0.29, 0.717) is 36.4 Å². The molecule has 0 aliphatic rings. The van der Waals surface area contributed by atoms with Crippen molar-refractivity contribution < 1.29 is 14.0 Å². The van der Waals surface area contributed by atoms with E-state index in [9.17, 15) is 0 Å². The Morgan fingerprint density at radius 1 is 1.24 bits per heavy atom. The third kappa shape index (κ3) is 3.95. The second kappa shape index (κ2) is 7.64. The van der Waals surface area contributed by atoms with Gasteiger partial charge in [-0.15, -0.1) is 0 Å². The van der Waals surface area contributed by atoms with Crippen molar-refractivity contribution in [3.63, 3.8) is 0 Å². The summed E-state index contributed by atoms with van der Waals surface area (Å²) >= 11 is 0. The average Bonchev–Trinajstić information content (AvgIpc) is 2.94. The maximum absolute atomic E-state index is 5.80. The van der Waals surface area contributed by atoms with Crippen LogP contribution in [0.25, 0.3) is 0 Å². The van der Waals surface area contributed by atoms with Crippen LogP contribution < -0.4 is 15.2 Å². The largest absolute Gasteiger partial charge is 0.490 e. The van der Waals surface area contributed by atoms with E-state index >= 15 is 0 Å². The Hall–Kier alpha value is -2.08. The van der Waals surface area contributed by atoms with Crippen LogP contribution in [-0.4, -0.2) is 16.7 Å². The lowest BCUT2D eigenvalue weighted by Gasteiger charge is -2.14. The molecule has 1 aromatic carbocycles. The van der Waals surface area contributed by atoms with Crippen molar-refractivity contribution in [2.75, 3.05) is 6.61 Å². The topological polar surface area (TPSA) is 83.4 Å². The van der Waals surface area contributed by atoms with Crippen molar-refractivity contribution in [2.45, 2.75) is 39.8 Å². The molecule has 0 radical (unpaired) electrons. The lowest BCUT2D eigenvalue weighted by Crippen LogP contribution is -2.06. The van der Waals surface area contributed by atoms with Crippen LogP contribution >= 0.6 is 0 Å². The molecule has 2 rings (SSSR count). The van der Waals surface area contributed by atoms with Crippen molar-refractivity contribution in [1.82, 2.24) is 10.1 Å². The second-order valence-corrected chi connectivity index (χ2v) is 4.52. The summed E-state index contributed by atoms with van der Waals surface area (Å²) in [4.78, 5) is 4.27. The van der Waals surface area contributed by atoms with Gasteiger partial charge in [0.05, 0.1) is 6.61 Å². The Morgan fingerprint density at radius 3 is 2.81 bits per heavy atom. The molecule has 0 fully saturated rings. The van der Waals surface area contributed by atoms with Gasteiger partial charge in [0.25, 0.3) is 0 Å². The predicted octanol–water partition coefficient (Wildman–Crippen LogP) is 2.46. The molecule has 0 saturated heterocycles. The molecule has 0 amide bonds. The number of nitrogens with zero attached hydrogens (tertiary/aromatic N) is 2. The summed E-state index contributed by atoms with van der Waals surface area (Å²) < 4.78 is 16.5. The number of hydrogen-bond acceptors (Lipinski definition) is 6. The molecule has 114 valence electrons. The molecule has 1 aromatic heterocycles. The van der Waals surface area contributed by atoms with Gasteiger partial charge in [0.2, 0.25) is 11.7 Å². The standard InChI is InChI=1S/C15H21N3O3/c1-3-6-14-17-13(18-21-14)10-20-15-11(9-16)7-5-8-12(15)19-4-2/h5,7-8H,3-4,6,9-10,16H2,1-2H3. The Morgan fingerprint density at radius 2 is 2.10 bits per heavy atom. The number of aryl methyl sites for hydroxylation is 1. The van der Waals surface area contributed by atoms with Gasteiger partial charge in [0, 0.05) is 18.5 Å². The third-order valence-corrected chi connectivity index (χ3v) is 2.90. The van der Waals surface area contributed by atoms with Crippen LogP contribution in [0.4, 0.5) is 0 Å². The number of ether oxygens (including phenoxy) is 2. The molecular formula is C15H21N3O3. The van der Waals surface area contributed by atoms with Gasteiger partial charge in [-0.3, -0.25) is 0 Å². The van der Waals surface area contributed by atoms with Gasteiger partial charge >= 0.3 is 0 Å². The summed E-state index contributed by atoms with van der Waals surface area (Å²) in [5.41, 5.74) is 6.63. The summed E-state index contributed by atoms with van der Waals surface area (Å²) in [7, 11) is 0. The van der Waals surface area contributed by atoms with Gasteiger partial charge in [-0.25, -0.2) is 0 Å². The predicted molar refractivity (Wildman–Crippen MR) is 78.1 cm³/mol. The van der Waals surface area contributed by atoms with Gasteiger partial charge in [-0.1, -0.05) is 24.2 Å². The Bertz CT molecular complexity index is 569. The van der Waals surface area contributed by atoms with Crippen molar-refractivity contribution in [3.8, 4) is 11.5 Å². The number of nitrogens with two attached hydrogens (primary N) is 1. The van der Waals surface area contributed by atoms with Gasteiger partial charge < -0.3 is 19.7 Å². The van der Waals surface area contributed by atoms with E-state index in [4.69, 9.17) is 19.7 Å². The zero-order chi connectivity index (χ0) is 15.1. The monoisotopic (exact) mass is 291 g/mol. The van der Waals surface area contributed by atoms with Crippen molar-refractivity contribution in [2.24, 2.45) is 5.73 Å². The summed E-state index contributed by atoms with van der Waals surface area (Å²) in [6, 6.07) is 5.67. The molecule has 0 aliphatic carbocycles. The van der Waals surface area contributed by atoms with Crippen LogP contribution in [0.15, 0.2) is 22.7 Å². The minimum atomic E-state index is 0.226. The number of benzene rings is 1. The van der Waals surface area contributed by atoms with Crippen LogP contribution in [0.5, 0.6) is 11.5 Å². The first-order chi connectivity index (χ1) is 10.3. The first-order valence-electron chi connectivity index (χ1n) is 7.17. The zero-order valence-electron chi connectivity index (χ0n) is 12.5. The number of rotatable bonds is 8. The smallest absolute Gasteiger partial charge is 0.226 e. The highest BCUT2D eigenvalue weighted by molar-refractivity contribution is 5.46. The highest BCUT2D eigenvalue weighted by atomic mass is 16.5. The second-order valence-electron chi connectivity index (χ2n) is 4.52. The van der Waals surface area contributed by atoms with Crippen LogP contribution in [0.2, 0.25) is 0 Å². The van der Waals surface area contributed by atoms with E-state index in [1.165, 1.54) is 0 Å². The molecule has 6 heteroatoms. The van der Waals surface area contributed by atoms with E-state index in [-0.39, 0.29) is 6.61 Å². The summed E-state index contributed by atoms with van der Waals surface area (Å²) in [5.74, 6) is 2.47. The lowest BCUT2D eigenvalue weighted by molar-refractivity contribution is 0.255. The van der Waals surface area contributed by atoms with Crippen LogP contribution in [-0.2, 0) is 19.6 Å². The molecule has 0 bridgehead atoms. The lowest BCUT2D eigenvalue weighted by atomic mass is 10.2. The Kier molecular flexibility index (Phi) is 5.57. The van der Waals surface area contributed by atoms with E-state index in [0.717, 1.165) is 18.4 Å². The summed E-state index contributed by atoms with van der Waals surface area (Å²) in [6.45, 7) is 5.16. The van der Waals surface area contributed by atoms with Gasteiger partial charge in [0.15, 0.2) is 18.1 Å². The molecule has 0 saturated carbocycles. The molecule has 6 nitrogen and oxygen atoms in total. The van der Waals surface area contributed by atoms with Crippen molar-refractivity contribution >= 4 is 0 Å². The van der Waals surface area contributed by atoms with Crippen molar-refractivity contribution in [3.05, 3.63) is 35.5 Å². The molecule has 0 aliphatic heterocycles. The van der Waals surface area contributed by atoms with Gasteiger partial charge in [-0.05, 0) is 19.4 Å². The molecule has 0 atom stereocenters. The Balaban J connectivity index is 2.10. The van der Waals surface area contributed by atoms with E-state index in [2.05, 4.69) is 17.1 Å². The maximum atomic E-state index is 5.80. The SMILES string of the molecule is CCCc1nc(COc2c(CN)cccc2OCC)no1. The molecule has 0 spiro atoms. The molecule has 2 N–H and O–H groups in total. The zero-order valence-corrected chi connectivity index (χ0v) is 12.5. The fraction of sp³-hybridized carbons (Fsp3) is 0.467. The molecule has 1 heterocycles. The molecule has 2 aromatic rings. The highest BCUT2D eigenvalue weighted by Gasteiger charge is 2.12. The van der Waals surface area contributed by atoms with Crippen molar-refractivity contribution in [1.29, 1.82) is 0 Å².